The van der Waals surface area contributed by atoms with Gasteiger partial charge in [0.2, 0.25) is 5.82 Å². The number of carboxylic acid groups (broad SMARTS) is 1. The van der Waals surface area contributed by atoms with E-state index in [1.54, 1.807) is 18.3 Å². The van der Waals surface area contributed by atoms with Gasteiger partial charge in [-0.05, 0) is 42.8 Å². The van der Waals surface area contributed by atoms with E-state index in [0.717, 1.165) is 12.1 Å². The molecule has 0 saturated carbocycles. The summed E-state index contributed by atoms with van der Waals surface area (Å²) in [5.41, 5.74) is 0.736. The zero-order valence-electron chi connectivity index (χ0n) is 15.8. The van der Waals surface area contributed by atoms with Gasteiger partial charge in [0.25, 0.3) is 0 Å². The Bertz CT molecular complexity index is 1140. The van der Waals surface area contributed by atoms with Gasteiger partial charge in [0, 0.05) is 24.0 Å². The predicted octanol–water partition coefficient (Wildman–Crippen LogP) is 4.55. The summed E-state index contributed by atoms with van der Waals surface area (Å²) in [5, 5.41) is 12.8. The third-order valence-corrected chi connectivity index (χ3v) is 5.06. The Morgan fingerprint density at radius 2 is 1.90 bits per heavy atom. The number of aromatic nitrogens is 3. The number of benzene rings is 1. The highest BCUT2D eigenvalue weighted by Crippen LogP contribution is 2.33. The molecule has 1 aliphatic heterocycles. The second-order valence-corrected chi connectivity index (χ2v) is 7.21. The molecule has 0 unspecified atom stereocenters. The lowest BCUT2D eigenvalue weighted by molar-refractivity contribution is -0.137. The van der Waals surface area contributed by atoms with Crippen LogP contribution in [0.25, 0.3) is 0 Å². The molecule has 7 nitrogen and oxygen atoms in total. The fourth-order valence-electron chi connectivity index (χ4n) is 3.30. The zero-order chi connectivity index (χ0) is 22.2. The molecule has 0 saturated heterocycles. The van der Waals surface area contributed by atoms with Crippen LogP contribution in [0.1, 0.15) is 27.4 Å². The van der Waals surface area contributed by atoms with E-state index in [2.05, 4.69) is 20.3 Å². The van der Waals surface area contributed by atoms with Crippen molar-refractivity contribution >= 4 is 34.9 Å². The largest absolute Gasteiger partial charge is 0.475 e. The quantitative estimate of drug-likeness (QED) is 0.603. The molecule has 2 N–H and O–H groups in total. The predicted molar refractivity (Wildman–Crippen MR) is 108 cm³/mol. The third kappa shape index (κ3) is 4.38. The number of alkyl halides is 3. The number of pyridine rings is 1. The van der Waals surface area contributed by atoms with Gasteiger partial charge in [0.1, 0.15) is 11.6 Å². The van der Waals surface area contributed by atoms with E-state index < -0.39 is 23.5 Å². The Balaban J connectivity index is 1.67. The first-order valence-corrected chi connectivity index (χ1v) is 9.53. The Morgan fingerprint density at radius 1 is 1.16 bits per heavy atom. The van der Waals surface area contributed by atoms with Crippen molar-refractivity contribution in [2.24, 2.45) is 0 Å². The van der Waals surface area contributed by atoms with E-state index in [1.165, 1.54) is 12.1 Å². The minimum absolute atomic E-state index is 0.244. The summed E-state index contributed by atoms with van der Waals surface area (Å²) in [6.45, 7) is 0.789. The van der Waals surface area contributed by atoms with Gasteiger partial charge in [-0.15, -0.1) is 0 Å². The Morgan fingerprint density at radius 3 is 2.55 bits per heavy atom. The number of anilines is 3. The van der Waals surface area contributed by atoms with Gasteiger partial charge in [0.15, 0.2) is 0 Å². The molecule has 3 heterocycles. The molecule has 0 amide bonds. The third-order valence-electron chi connectivity index (χ3n) is 4.77. The summed E-state index contributed by atoms with van der Waals surface area (Å²) >= 11 is 6.23. The molecule has 0 radical (unpaired) electrons. The molecule has 2 aromatic heterocycles. The normalized spacial score (nSPS) is 13.6. The monoisotopic (exact) mass is 449 g/mol. The fraction of sp³-hybridized carbons (Fsp3) is 0.200. The first kappa shape index (κ1) is 20.9. The van der Waals surface area contributed by atoms with Crippen molar-refractivity contribution in [1.82, 2.24) is 15.0 Å². The topological polar surface area (TPSA) is 91.2 Å². The molecule has 0 spiro atoms. The summed E-state index contributed by atoms with van der Waals surface area (Å²) in [6.07, 6.45) is -2.37. The van der Waals surface area contributed by atoms with Crippen LogP contribution < -0.4 is 10.2 Å². The molecule has 0 bridgehead atoms. The first-order valence-electron chi connectivity index (χ1n) is 9.15. The van der Waals surface area contributed by atoms with Crippen LogP contribution in [0.15, 0.2) is 42.6 Å². The van der Waals surface area contributed by atoms with E-state index in [1.807, 2.05) is 4.90 Å². The molecule has 1 aromatic carbocycles. The number of fused-ring (bicyclic) bond motifs is 1. The molecule has 0 atom stereocenters. The van der Waals surface area contributed by atoms with Crippen LogP contribution in [0.2, 0.25) is 5.02 Å². The number of carbonyl (C=O) groups is 1. The van der Waals surface area contributed by atoms with Gasteiger partial charge in [0.05, 0.1) is 22.8 Å². The molecule has 31 heavy (non-hydrogen) atoms. The summed E-state index contributed by atoms with van der Waals surface area (Å²) in [7, 11) is 0. The number of hydrogen-bond acceptors (Lipinski definition) is 6. The molecule has 0 aliphatic carbocycles. The van der Waals surface area contributed by atoms with Crippen molar-refractivity contribution in [2.45, 2.75) is 19.1 Å². The van der Waals surface area contributed by atoms with Crippen molar-refractivity contribution in [3.05, 3.63) is 70.3 Å². The average Bonchev–Trinajstić information content (AvgIpc) is 2.73. The van der Waals surface area contributed by atoms with E-state index in [-0.39, 0.29) is 12.4 Å². The van der Waals surface area contributed by atoms with Gasteiger partial charge in [-0.25, -0.2) is 19.7 Å². The zero-order valence-corrected chi connectivity index (χ0v) is 16.6. The van der Waals surface area contributed by atoms with Crippen LogP contribution in [0.5, 0.6) is 0 Å². The first-order chi connectivity index (χ1) is 14.7. The summed E-state index contributed by atoms with van der Waals surface area (Å²) in [4.78, 5) is 25.9. The highest BCUT2D eigenvalue weighted by atomic mass is 35.5. The van der Waals surface area contributed by atoms with E-state index in [0.29, 0.717) is 40.8 Å². The van der Waals surface area contributed by atoms with Crippen molar-refractivity contribution in [3.63, 3.8) is 0 Å². The highest BCUT2D eigenvalue weighted by molar-refractivity contribution is 6.32. The molecule has 11 heteroatoms. The lowest BCUT2D eigenvalue weighted by Crippen LogP contribution is -2.33. The Kier molecular flexibility index (Phi) is 5.40. The van der Waals surface area contributed by atoms with Crippen LogP contribution in [0, 0.1) is 0 Å². The molecule has 3 aromatic rings. The number of carboxylic acids is 1. The number of aromatic carboxylic acids is 1. The van der Waals surface area contributed by atoms with Crippen LogP contribution in [-0.4, -0.2) is 32.6 Å². The second-order valence-electron chi connectivity index (χ2n) is 6.81. The summed E-state index contributed by atoms with van der Waals surface area (Å²) in [5.74, 6) is -0.926. The maximum absolute atomic E-state index is 12.8. The molecule has 0 fully saturated rings. The number of rotatable bonds is 4. The number of nitrogens with one attached hydrogen (secondary N) is 1. The number of nitrogens with zero attached hydrogens (tertiary/aromatic N) is 4. The van der Waals surface area contributed by atoms with Crippen LogP contribution in [0.3, 0.4) is 0 Å². The molecular formula is C20H15ClF3N5O2. The molecular weight excluding hydrogens is 435 g/mol. The maximum atomic E-state index is 12.8. The van der Waals surface area contributed by atoms with E-state index >= 15 is 0 Å². The van der Waals surface area contributed by atoms with Crippen molar-refractivity contribution in [1.29, 1.82) is 0 Å². The number of halogens is 4. The Hall–Kier alpha value is -3.40. The highest BCUT2D eigenvalue weighted by Gasteiger charge is 2.30. The lowest BCUT2D eigenvalue weighted by Gasteiger charge is -2.30. The smallest absolute Gasteiger partial charge is 0.416 e. The minimum Gasteiger partial charge on any atom is -0.475 e. The van der Waals surface area contributed by atoms with Gasteiger partial charge in [-0.3, -0.25) is 0 Å². The molecule has 4 rings (SSSR count). The summed E-state index contributed by atoms with van der Waals surface area (Å²) < 4.78 is 38.4. The van der Waals surface area contributed by atoms with Gasteiger partial charge in [-0.1, -0.05) is 11.6 Å². The molecule has 1 aliphatic rings. The van der Waals surface area contributed by atoms with Gasteiger partial charge >= 0.3 is 12.1 Å². The van der Waals surface area contributed by atoms with Gasteiger partial charge < -0.3 is 15.3 Å². The maximum Gasteiger partial charge on any atom is 0.416 e. The minimum atomic E-state index is -4.45. The SMILES string of the molecule is O=C(O)c1nc2c(c(Nc3ccc(C(F)(F)F)cc3)n1)CCN(c1ncccc1Cl)C2. The van der Waals surface area contributed by atoms with Crippen molar-refractivity contribution in [3.8, 4) is 0 Å². The molecule has 160 valence electrons. The van der Waals surface area contributed by atoms with Crippen molar-refractivity contribution < 1.29 is 23.1 Å². The van der Waals surface area contributed by atoms with Gasteiger partial charge in [-0.2, -0.15) is 13.2 Å². The lowest BCUT2D eigenvalue weighted by atomic mass is 10.0. The summed E-state index contributed by atoms with van der Waals surface area (Å²) in [6, 6.07) is 7.83. The van der Waals surface area contributed by atoms with Crippen LogP contribution >= 0.6 is 11.6 Å². The fourth-order valence-corrected chi connectivity index (χ4v) is 3.54. The van der Waals surface area contributed by atoms with Crippen molar-refractivity contribution in [2.75, 3.05) is 16.8 Å². The Labute approximate surface area is 179 Å². The average molecular weight is 450 g/mol. The van der Waals surface area contributed by atoms with E-state index in [9.17, 15) is 23.1 Å². The number of hydrogen-bond donors (Lipinski definition) is 2. The second kappa shape index (κ2) is 8.03. The van der Waals surface area contributed by atoms with Crippen LogP contribution in [0.4, 0.5) is 30.5 Å². The van der Waals surface area contributed by atoms with E-state index in [4.69, 9.17) is 11.6 Å². The van der Waals surface area contributed by atoms with Crippen LogP contribution in [-0.2, 0) is 19.1 Å². The standard InChI is InChI=1S/C20H15ClF3N5O2/c21-14-2-1-8-25-18(14)29-9-7-13-15(10-29)27-17(19(30)31)28-16(13)26-12-5-3-11(4-6-12)20(22,23)24/h1-6,8H,7,9-10H2,(H,30,31)(H,26,27,28).